The fourth-order valence-corrected chi connectivity index (χ4v) is 2.23. The molecule has 100 valence electrons. The van der Waals surface area contributed by atoms with Crippen molar-refractivity contribution >= 4 is 28.6 Å². The van der Waals surface area contributed by atoms with E-state index < -0.39 is 5.97 Å². The molecule has 1 N–H and O–H groups in total. The molecular weight excluding hydrogens is 276 g/mol. The second kappa shape index (κ2) is 4.98. The summed E-state index contributed by atoms with van der Waals surface area (Å²) >= 11 is 5.86. The fourth-order valence-electron chi connectivity index (χ4n) is 2.10. The van der Waals surface area contributed by atoms with E-state index in [9.17, 15) is 4.79 Å². The summed E-state index contributed by atoms with van der Waals surface area (Å²) in [6.07, 6.45) is 1.71. The molecule has 2 aromatic carbocycles. The van der Waals surface area contributed by atoms with Crippen molar-refractivity contribution in [3.05, 3.63) is 64.9 Å². The van der Waals surface area contributed by atoms with Crippen LogP contribution in [0.5, 0.6) is 0 Å². The molecule has 0 spiro atoms. The Morgan fingerprint density at radius 1 is 1.20 bits per heavy atom. The second-order valence-electron chi connectivity index (χ2n) is 4.51. The molecule has 1 aromatic heterocycles. The van der Waals surface area contributed by atoms with E-state index >= 15 is 0 Å². The Morgan fingerprint density at radius 3 is 2.65 bits per heavy atom. The maximum absolute atomic E-state index is 11.0. The number of carboxylic acid groups (broad SMARTS) is 1. The van der Waals surface area contributed by atoms with Gasteiger partial charge < -0.3 is 9.67 Å². The van der Waals surface area contributed by atoms with E-state index in [-0.39, 0.29) is 5.56 Å². The minimum absolute atomic E-state index is 0.260. The number of aromatic nitrogens is 2. The number of fused-ring (bicyclic) bond motifs is 1. The maximum Gasteiger partial charge on any atom is 0.335 e. The van der Waals surface area contributed by atoms with Crippen LogP contribution in [0.4, 0.5) is 0 Å². The number of rotatable bonds is 3. The highest BCUT2D eigenvalue weighted by Crippen LogP contribution is 2.17. The predicted molar refractivity (Wildman–Crippen MR) is 77.2 cm³/mol. The number of hydrogen-bond acceptors (Lipinski definition) is 2. The molecule has 0 radical (unpaired) electrons. The van der Waals surface area contributed by atoms with Crippen LogP contribution in [0.1, 0.15) is 15.9 Å². The van der Waals surface area contributed by atoms with Crippen LogP contribution in [0, 0.1) is 0 Å². The molecule has 0 amide bonds. The van der Waals surface area contributed by atoms with Crippen LogP contribution in [-0.4, -0.2) is 20.6 Å². The Kier molecular flexibility index (Phi) is 3.16. The SMILES string of the molecule is O=C(O)c1ccc2ncn(Cc3ccc(Cl)cc3)c2c1. The van der Waals surface area contributed by atoms with E-state index in [2.05, 4.69) is 4.98 Å². The summed E-state index contributed by atoms with van der Waals surface area (Å²) in [5.41, 5.74) is 2.92. The van der Waals surface area contributed by atoms with Crippen molar-refractivity contribution in [1.82, 2.24) is 9.55 Å². The van der Waals surface area contributed by atoms with Gasteiger partial charge in [0.25, 0.3) is 0 Å². The molecule has 4 nitrogen and oxygen atoms in total. The lowest BCUT2D eigenvalue weighted by molar-refractivity contribution is 0.0697. The summed E-state index contributed by atoms with van der Waals surface area (Å²) in [7, 11) is 0. The van der Waals surface area contributed by atoms with Gasteiger partial charge in [0.15, 0.2) is 0 Å². The van der Waals surface area contributed by atoms with Gasteiger partial charge in [0.2, 0.25) is 0 Å². The monoisotopic (exact) mass is 286 g/mol. The zero-order valence-corrected chi connectivity index (χ0v) is 11.2. The van der Waals surface area contributed by atoms with Crippen molar-refractivity contribution < 1.29 is 9.90 Å². The lowest BCUT2D eigenvalue weighted by Gasteiger charge is -2.05. The Morgan fingerprint density at radius 2 is 1.95 bits per heavy atom. The summed E-state index contributed by atoms with van der Waals surface area (Å²) < 4.78 is 1.92. The first-order valence-electron chi connectivity index (χ1n) is 6.06. The quantitative estimate of drug-likeness (QED) is 0.802. The van der Waals surface area contributed by atoms with Crippen molar-refractivity contribution in [2.45, 2.75) is 6.54 Å². The molecule has 20 heavy (non-hydrogen) atoms. The third-order valence-corrected chi connectivity index (χ3v) is 3.39. The largest absolute Gasteiger partial charge is 0.478 e. The fraction of sp³-hybridized carbons (Fsp3) is 0.0667. The van der Waals surface area contributed by atoms with Crippen molar-refractivity contribution in [2.24, 2.45) is 0 Å². The second-order valence-corrected chi connectivity index (χ2v) is 4.94. The van der Waals surface area contributed by atoms with Crippen molar-refractivity contribution in [3.63, 3.8) is 0 Å². The minimum Gasteiger partial charge on any atom is -0.478 e. The van der Waals surface area contributed by atoms with Crippen LogP contribution < -0.4 is 0 Å². The highest BCUT2D eigenvalue weighted by molar-refractivity contribution is 6.30. The van der Waals surface area contributed by atoms with Crippen LogP contribution in [0.3, 0.4) is 0 Å². The van der Waals surface area contributed by atoms with Gasteiger partial charge in [0, 0.05) is 11.6 Å². The molecule has 0 bridgehead atoms. The number of nitrogens with zero attached hydrogens (tertiary/aromatic N) is 2. The van der Waals surface area contributed by atoms with Gasteiger partial charge in [-0.15, -0.1) is 0 Å². The Labute approximate surface area is 120 Å². The molecule has 0 unspecified atom stereocenters. The van der Waals surface area contributed by atoms with Gasteiger partial charge in [-0.1, -0.05) is 23.7 Å². The normalized spacial score (nSPS) is 10.8. The molecule has 0 aliphatic carbocycles. The van der Waals surface area contributed by atoms with Crippen molar-refractivity contribution in [1.29, 1.82) is 0 Å². The number of carboxylic acids is 1. The van der Waals surface area contributed by atoms with Crippen molar-refractivity contribution in [3.8, 4) is 0 Å². The molecule has 3 aromatic rings. The molecule has 0 aliphatic rings. The van der Waals surface area contributed by atoms with E-state index in [1.165, 1.54) is 0 Å². The first-order chi connectivity index (χ1) is 9.63. The van der Waals surface area contributed by atoms with Gasteiger partial charge in [-0.25, -0.2) is 9.78 Å². The predicted octanol–water partition coefficient (Wildman–Crippen LogP) is 3.44. The van der Waals surface area contributed by atoms with Gasteiger partial charge in [-0.2, -0.15) is 0 Å². The van der Waals surface area contributed by atoms with Gasteiger partial charge in [-0.3, -0.25) is 0 Å². The molecule has 3 rings (SSSR count). The Balaban J connectivity index is 2.00. The van der Waals surface area contributed by atoms with E-state index in [1.807, 2.05) is 28.8 Å². The average Bonchev–Trinajstić information content (AvgIpc) is 2.84. The van der Waals surface area contributed by atoms with E-state index in [0.29, 0.717) is 11.6 Å². The number of hydrogen-bond donors (Lipinski definition) is 1. The van der Waals surface area contributed by atoms with Gasteiger partial charge >= 0.3 is 5.97 Å². The Bertz CT molecular complexity index is 778. The minimum atomic E-state index is -0.939. The molecular formula is C15H11ClN2O2. The van der Waals surface area contributed by atoms with Crippen molar-refractivity contribution in [2.75, 3.05) is 0 Å². The summed E-state index contributed by atoms with van der Waals surface area (Å²) in [5.74, 6) is -0.939. The molecule has 0 aliphatic heterocycles. The summed E-state index contributed by atoms with van der Waals surface area (Å²) in [6.45, 7) is 0.622. The number of benzene rings is 2. The number of carbonyl (C=O) groups is 1. The van der Waals surface area contributed by atoms with E-state index in [4.69, 9.17) is 16.7 Å². The highest BCUT2D eigenvalue weighted by atomic mass is 35.5. The highest BCUT2D eigenvalue weighted by Gasteiger charge is 2.08. The third kappa shape index (κ3) is 2.38. The van der Waals surface area contributed by atoms with E-state index in [0.717, 1.165) is 16.6 Å². The smallest absolute Gasteiger partial charge is 0.335 e. The van der Waals surface area contributed by atoms with Crippen LogP contribution >= 0.6 is 11.6 Å². The summed E-state index contributed by atoms with van der Waals surface area (Å²) in [4.78, 5) is 15.3. The lowest BCUT2D eigenvalue weighted by Crippen LogP contribution is -2.00. The van der Waals surface area contributed by atoms with Crippen LogP contribution in [0.15, 0.2) is 48.8 Å². The van der Waals surface area contributed by atoms with Crippen LogP contribution in [0.25, 0.3) is 11.0 Å². The number of halogens is 1. The van der Waals surface area contributed by atoms with Gasteiger partial charge in [-0.05, 0) is 35.9 Å². The molecule has 5 heteroatoms. The first-order valence-corrected chi connectivity index (χ1v) is 6.44. The summed E-state index contributed by atoms with van der Waals surface area (Å²) in [5, 5.41) is 9.74. The molecule has 1 heterocycles. The maximum atomic E-state index is 11.0. The first kappa shape index (κ1) is 12.7. The molecule has 0 saturated carbocycles. The standard InChI is InChI=1S/C15H11ClN2O2/c16-12-4-1-10(2-5-12)8-18-9-17-13-6-3-11(15(19)20)7-14(13)18/h1-7,9H,8H2,(H,19,20). The van der Waals surface area contributed by atoms with E-state index in [1.54, 1.807) is 24.5 Å². The van der Waals surface area contributed by atoms with Gasteiger partial charge in [0.1, 0.15) is 0 Å². The Hall–Kier alpha value is -2.33. The third-order valence-electron chi connectivity index (χ3n) is 3.13. The summed E-state index contributed by atoms with van der Waals surface area (Å²) in [6, 6.07) is 12.5. The zero-order chi connectivity index (χ0) is 14.1. The molecule has 0 fully saturated rings. The molecule has 0 saturated heterocycles. The zero-order valence-electron chi connectivity index (χ0n) is 10.5. The lowest BCUT2D eigenvalue weighted by atomic mass is 10.2. The van der Waals surface area contributed by atoms with Crippen LogP contribution in [-0.2, 0) is 6.54 Å². The number of aromatic carboxylic acids is 1. The van der Waals surface area contributed by atoms with Crippen LogP contribution in [0.2, 0.25) is 5.02 Å². The average molecular weight is 287 g/mol. The topological polar surface area (TPSA) is 55.1 Å². The van der Waals surface area contributed by atoms with Gasteiger partial charge in [0.05, 0.1) is 22.9 Å². The number of imidazole rings is 1. The molecule has 0 atom stereocenters.